The zero-order chi connectivity index (χ0) is 14.8. The SMILES string of the molecule is CC(C)NCc1cn(Cc2cc(Cl)cc3c2OCC3)cn1. The van der Waals surface area contributed by atoms with Gasteiger partial charge in [-0.1, -0.05) is 25.4 Å². The van der Waals surface area contributed by atoms with E-state index in [1.807, 2.05) is 18.5 Å². The van der Waals surface area contributed by atoms with Crippen LogP contribution in [0.1, 0.15) is 30.7 Å². The number of hydrogen-bond donors (Lipinski definition) is 1. The third kappa shape index (κ3) is 3.39. The highest BCUT2D eigenvalue weighted by atomic mass is 35.5. The molecule has 0 radical (unpaired) electrons. The molecule has 21 heavy (non-hydrogen) atoms. The molecule has 1 aromatic carbocycles. The molecule has 2 heterocycles. The van der Waals surface area contributed by atoms with Crippen molar-refractivity contribution in [2.24, 2.45) is 0 Å². The molecule has 0 amide bonds. The highest BCUT2D eigenvalue weighted by Crippen LogP contribution is 2.33. The van der Waals surface area contributed by atoms with Crippen molar-refractivity contribution in [2.45, 2.75) is 39.4 Å². The van der Waals surface area contributed by atoms with Crippen LogP contribution in [-0.4, -0.2) is 22.2 Å². The van der Waals surface area contributed by atoms with E-state index in [4.69, 9.17) is 16.3 Å². The number of benzene rings is 1. The van der Waals surface area contributed by atoms with E-state index < -0.39 is 0 Å². The fourth-order valence-electron chi connectivity index (χ4n) is 2.55. The zero-order valence-electron chi connectivity index (χ0n) is 12.4. The van der Waals surface area contributed by atoms with Crippen molar-refractivity contribution in [2.75, 3.05) is 6.61 Å². The third-order valence-corrected chi connectivity index (χ3v) is 3.77. The van der Waals surface area contributed by atoms with Gasteiger partial charge in [0.25, 0.3) is 0 Å². The van der Waals surface area contributed by atoms with Crippen LogP contribution in [0, 0.1) is 0 Å². The second kappa shape index (κ2) is 6.08. The standard InChI is InChI=1S/C16H20ClN3O/c1-11(2)18-7-15-9-20(10-19-15)8-13-6-14(17)5-12-3-4-21-16(12)13/h5-6,9-11,18H,3-4,7-8H2,1-2H3. The van der Waals surface area contributed by atoms with E-state index in [2.05, 4.69) is 34.9 Å². The predicted molar refractivity (Wildman–Crippen MR) is 84.0 cm³/mol. The maximum atomic E-state index is 6.19. The Labute approximate surface area is 130 Å². The van der Waals surface area contributed by atoms with Gasteiger partial charge < -0.3 is 14.6 Å². The van der Waals surface area contributed by atoms with Crippen LogP contribution >= 0.6 is 11.6 Å². The van der Waals surface area contributed by atoms with E-state index in [1.165, 1.54) is 5.56 Å². The van der Waals surface area contributed by atoms with Gasteiger partial charge in [-0.05, 0) is 17.7 Å². The first-order chi connectivity index (χ1) is 10.1. The first-order valence-corrected chi connectivity index (χ1v) is 7.68. The lowest BCUT2D eigenvalue weighted by Crippen LogP contribution is -2.21. The van der Waals surface area contributed by atoms with Crippen molar-refractivity contribution < 1.29 is 4.74 Å². The van der Waals surface area contributed by atoms with Crippen LogP contribution in [0.2, 0.25) is 5.02 Å². The number of hydrogen-bond acceptors (Lipinski definition) is 3. The fraction of sp³-hybridized carbons (Fsp3) is 0.438. The molecule has 0 atom stereocenters. The topological polar surface area (TPSA) is 39.1 Å². The molecule has 0 aliphatic carbocycles. The second-order valence-corrected chi connectivity index (χ2v) is 6.16. The van der Waals surface area contributed by atoms with Gasteiger partial charge in [0.1, 0.15) is 5.75 Å². The first kappa shape index (κ1) is 14.4. The maximum Gasteiger partial charge on any atom is 0.127 e. The van der Waals surface area contributed by atoms with E-state index in [-0.39, 0.29) is 0 Å². The van der Waals surface area contributed by atoms with E-state index >= 15 is 0 Å². The minimum Gasteiger partial charge on any atom is -0.493 e. The molecule has 1 aromatic heterocycles. The summed E-state index contributed by atoms with van der Waals surface area (Å²) in [6.07, 6.45) is 4.87. The Morgan fingerprint density at radius 3 is 3.10 bits per heavy atom. The van der Waals surface area contributed by atoms with Gasteiger partial charge in [-0.25, -0.2) is 4.98 Å². The normalized spacial score (nSPS) is 13.5. The summed E-state index contributed by atoms with van der Waals surface area (Å²) in [7, 11) is 0. The number of aromatic nitrogens is 2. The number of ether oxygens (including phenoxy) is 1. The largest absolute Gasteiger partial charge is 0.493 e. The minimum atomic E-state index is 0.458. The Bertz CT molecular complexity index is 636. The molecule has 5 heteroatoms. The Kier molecular flexibility index (Phi) is 4.17. The summed E-state index contributed by atoms with van der Waals surface area (Å²) in [6.45, 7) is 6.52. The highest BCUT2D eigenvalue weighted by molar-refractivity contribution is 6.30. The summed E-state index contributed by atoms with van der Waals surface area (Å²) in [5, 5.41) is 4.14. The number of imidazole rings is 1. The molecule has 0 fully saturated rings. The van der Waals surface area contributed by atoms with Gasteiger partial charge in [0.05, 0.1) is 25.2 Å². The van der Waals surface area contributed by atoms with Crippen molar-refractivity contribution in [3.63, 3.8) is 0 Å². The van der Waals surface area contributed by atoms with Gasteiger partial charge in [0.2, 0.25) is 0 Å². The number of rotatable bonds is 5. The average molecular weight is 306 g/mol. The number of nitrogens with zero attached hydrogens (tertiary/aromatic N) is 2. The van der Waals surface area contributed by atoms with Gasteiger partial charge in [0, 0.05) is 35.8 Å². The van der Waals surface area contributed by atoms with Gasteiger partial charge >= 0.3 is 0 Å². The summed E-state index contributed by atoms with van der Waals surface area (Å²) >= 11 is 6.19. The molecule has 4 nitrogen and oxygen atoms in total. The van der Waals surface area contributed by atoms with Crippen LogP contribution in [0.5, 0.6) is 5.75 Å². The lowest BCUT2D eigenvalue weighted by molar-refractivity contribution is 0.352. The van der Waals surface area contributed by atoms with Crippen LogP contribution in [0.25, 0.3) is 0 Å². The Morgan fingerprint density at radius 2 is 2.29 bits per heavy atom. The molecule has 0 bridgehead atoms. The fourth-order valence-corrected chi connectivity index (χ4v) is 2.82. The summed E-state index contributed by atoms with van der Waals surface area (Å²) in [6, 6.07) is 4.44. The average Bonchev–Trinajstić information content (AvgIpc) is 3.05. The van der Waals surface area contributed by atoms with Gasteiger partial charge in [-0.3, -0.25) is 0 Å². The second-order valence-electron chi connectivity index (χ2n) is 5.72. The molecule has 0 unspecified atom stereocenters. The monoisotopic (exact) mass is 305 g/mol. The van der Waals surface area contributed by atoms with Crippen molar-refractivity contribution >= 4 is 11.6 Å². The van der Waals surface area contributed by atoms with Crippen LogP contribution < -0.4 is 10.1 Å². The molecule has 2 aromatic rings. The molecule has 0 saturated heterocycles. The van der Waals surface area contributed by atoms with E-state index in [9.17, 15) is 0 Å². The first-order valence-electron chi connectivity index (χ1n) is 7.30. The molecule has 0 spiro atoms. The number of halogens is 1. The summed E-state index contributed by atoms with van der Waals surface area (Å²) < 4.78 is 7.81. The molecular weight excluding hydrogens is 286 g/mol. The van der Waals surface area contributed by atoms with Crippen molar-refractivity contribution in [1.29, 1.82) is 0 Å². The molecular formula is C16H20ClN3O. The van der Waals surface area contributed by atoms with Crippen molar-refractivity contribution in [1.82, 2.24) is 14.9 Å². The Morgan fingerprint density at radius 1 is 1.43 bits per heavy atom. The van der Waals surface area contributed by atoms with Crippen LogP contribution in [-0.2, 0) is 19.5 Å². The minimum absolute atomic E-state index is 0.458. The Hall–Kier alpha value is -1.52. The van der Waals surface area contributed by atoms with Crippen molar-refractivity contribution in [3.05, 3.63) is 46.5 Å². The summed E-state index contributed by atoms with van der Waals surface area (Å²) in [4.78, 5) is 4.43. The van der Waals surface area contributed by atoms with Gasteiger partial charge in [-0.15, -0.1) is 0 Å². The molecule has 1 aliphatic heterocycles. The number of nitrogens with one attached hydrogen (secondary N) is 1. The van der Waals surface area contributed by atoms with E-state index in [0.29, 0.717) is 6.04 Å². The Balaban J connectivity index is 1.75. The lowest BCUT2D eigenvalue weighted by atomic mass is 10.1. The van der Waals surface area contributed by atoms with E-state index in [0.717, 1.165) is 48.1 Å². The molecule has 0 saturated carbocycles. The molecule has 1 aliphatic rings. The predicted octanol–water partition coefficient (Wildman–Crippen LogP) is 3.02. The number of fused-ring (bicyclic) bond motifs is 1. The molecule has 1 N–H and O–H groups in total. The van der Waals surface area contributed by atoms with E-state index in [1.54, 1.807) is 0 Å². The van der Waals surface area contributed by atoms with Crippen LogP contribution in [0.15, 0.2) is 24.7 Å². The van der Waals surface area contributed by atoms with Crippen LogP contribution in [0.4, 0.5) is 0 Å². The van der Waals surface area contributed by atoms with Gasteiger partial charge in [0.15, 0.2) is 0 Å². The highest BCUT2D eigenvalue weighted by Gasteiger charge is 2.17. The third-order valence-electron chi connectivity index (χ3n) is 3.56. The smallest absolute Gasteiger partial charge is 0.127 e. The lowest BCUT2D eigenvalue weighted by Gasteiger charge is -2.09. The van der Waals surface area contributed by atoms with Crippen LogP contribution in [0.3, 0.4) is 0 Å². The molecule has 3 rings (SSSR count). The summed E-state index contributed by atoms with van der Waals surface area (Å²) in [5.74, 6) is 0.995. The summed E-state index contributed by atoms with van der Waals surface area (Å²) in [5.41, 5.74) is 3.37. The zero-order valence-corrected chi connectivity index (χ0v) is 13.2. The quantitative estimate of drug-likeness (QED) is 0.923. The van der Waals surface area contributed by atoms with Crippen molar-refractivity contribution in [3.8, 4) is 5.75 Å². The maximum absolute atomic E-state index is 6.19. The van der Waals surface area contributed by atoms with Gasteiger partial charge in [-0.2, -0.15) is 0 Å². The molecule has 112 valence electrons.